The van der Waals surface area contributed by atoms with E-state index in [-0.39, 0.29) is 12.3 Å². The summed E-state index contributed by atoms with van der Waals surface area (Å²) in [6.45, 7) is 6.89. The molecule has 0 aliphatic carbocycles. The molecule has 36 heavy (non-hydrogen) atoms. The van der Waals surface area contributed by atoms with Gasteiger partial charge >= 0.3 is 0 Å². The van der Waals surface area contributed by atoms with Crippen LogP contribution in [0.5, 0.6) is 0 Å². The number of hydrogen-bond donors (Lipinski definition) is 0. The molecule has 0 radical (unpaired) electrons. The molecule has 3 aromatic heterocycles. The maximum absolute atomic E-state index is 13.9. The second-order valence-electron chi connectivity index (χ2n) is 10.2. The molecule has 4 aromatic rings. The van der Waals surface area contributed by atoms with Crippen LogP contribution in [0.1, 0.15) is 11.1 Å². The van der Waals surface area contributed by atoms with Gasteiger partial charge in [0, 0.05) is 31.6 Å². The van der Waals surface area contributed by atoms with Gasteiger partial charge in [0.2, 0.25) is 0 Å². The number of hydrogen-bond acceptors (Lipinski definition) is 7. The van der Waals surface area contributed by atoms with Crippen molar-refractivity contribution in [3.05, 3.63) is 57.3 Å². The first-order valence-corrected chi connectivity index (χ1v) is 16.1. The summed E-state index contributed by atoms with van der Waals surface area (Å²) in [6, 6.07) is 8.23. The number of pyridine rings is 1. The summed E-state index contributed by atoms with van der Waals surface area (Å²) in [6.07, 6.45) is 8.66. The monoisotopic (exact) mass is 526 g/mol. The molecule has 9 heteroatoms. The van der Waals surface area contributed by atoms with Crippen LogP contribution in [0.3, 0.4) is 0 Å². The van der Waals surface area contributed by atoms with Gasteiger partial charge in [-0.3, -0.25) is 19.2 Å². The van der Waals surface area contributed by atoms with Crippen molar-refractivity contribution in [1.82, 2.24) is 19.4 Å². The van der Waals surface area contributed by atoms with Crippen LogP contribution in [0.2, 0.25) is 0 Å². The number of ether oxygens (including phenoxy) is 2. The Morgan fingerprint density at radius 1 is 1.17 bits per heavy atom. The molecule has 4 heterocycles. The fourth-order valence-corrected chi connectivity index (χ4v) is 5.81. The van der Waals surface area contributed by atoms with Gasteiger partial charge in [0.15, 0.2) is 5.82 Å². The number of thiophene rings is 1. The van der Waals surface area contributed by atoms with Crippen LogP contribution in [0, 0.1) is 6.92 Å². The lowest BCUT2D eigenvalue weighted by atomic mass is 10.1. The number of nitrogens with zero attached hydrogens (tertiary/aromatic N) is 4. The molecule has 0 saturated carbocycles. The van der Waals surface area contributed by atoms with Crippen LogP contribution in [0.25, 0.3) is 32.5 Å². The number of aryl methyl sites for hydroxylation is 1. The van der Waals surface area contributed by atoms with Gasteiger partial charge < -0.3 is 9.47 Å². The summed E-state index contributed by atoms with van der Waals surface area (Å²) in [5.74, 6) is 1.53. The van der Waals surface area contributed by atoms with Gasteiger partial charge in [-0.05, 0) is 65.8 Å². The van der Waals surface area contributed by atoms with Crippen molar-refractivity contribution in [2.24, 2.45) is 0 Å². The minimum atomic E-state index is -0.682. The van der Waals surface area contributed by atoms with Crippen LogP contribution in [0.15, 0.2) is 40.6 Å². The predicted octanol–water partition coefficient (Wildman–Crippen LogP) is 4.48. The zero-order valence-corrected chi connectivity index (χ0v) is 23.1. The molecule has 1 aromatic carbocycles. The standard InChI is InChI=1S/C27H34N4O3S2/c1-19-13-20(17-30-6-8-33-9-7-30)14-22-25(19)29-26(23-15-21-5-11-35-24(21)16-28-23)31(27(22)32)18-34-10-12-36(2,3)4/h5,11,13-16H,6-10,12,17-18H2,1-4H3. The van der Waals surface area contributed by atoms with E-state index in [0.717, 1.165) is 65.3 Å². The number of aromatic nitrogens is 3. The highest BCUT2D eigenvalue weighted by atomic mass is 32.3. The summed E-state index contributed by atoms with van der Waals surface area (Å²) in [4.78, 5) is 26.0. The third-order valence-corrected chi connectivity index (χ3v) is 8.71. The summed E-state index contributed by atoms with van der Waals surface area (Å²) < 4.78 is 14.3. The zero-order chi connectivity index (χ0) is 25.3. The van der Waals surface area contributed by atoms with Gasteiger partial charge in [0.25, 0.3) is 5.56 Å². The molecule has 1 saturated heterocycles. The number of rotatable bonds is 8. The molecule has 1 aliphatic heterocycles. The molecule has 0 spiro atoms. The minimum absolute atomic E-state index is 0.0859. The normalized spacial score (nSPS) is 15.7. The van der Waals surface area contributed by atoms with E-state index >= 15 is 0 Å². The van der Waals surface area contributed by atoms with E-state index in [9.17, 15) is 4.79 Å². The first-order chi connectivity index (χ1) is 17.3. The van der Waals surface area contributed by atoms with Crippen molar-refractivity contribution in [3.8, 4) is 11.5 Å². The lowest BCUT2D eigenvalue weighted by Gasteiger charge is -2.27. The highest BCUT2D eigenvalue weighted by Crippen LogP contribution is 2.33. The second kappa shape index (κ2) is 10.6. The second-order valence-corrected chi connectivity index (χ2v) is 15.8. The van der Waals surface area contributed by atoms with Gasteiger partial charge in [-0.25, -0.2) is 15.0 Å². The van der Waals surface area contributed by atoms with Gasteiger partial charge in [-0.15, -0.1) is 11.3 Å². The molecule has 0 amide bonds. The molecule has 5 rings (SSSR count). The highest BCUT2D eigenvalue weighted by molar-refractivity contribution is 8.32. The van der Waals surface area contributed by atoms with E-state index in [0.29, 0.717) is 23.5 Å². The van der Waals surface area contributed by atoms with E-state index in [1.165, 1.54) is 0 Å². The summed E-state index contributed by atoms with van der Waals surface area (Å²) in [5, 5.41) is 3.78. The van der Waals surface area contributed by atoms with Gasteiger partial charge in [-0.1, -0.05) is 6.07 Å². The minimum Gasteiger partial charge on any atom is -0.379 e. The quantitative estimate of drug-likeness (QED) is 0.315. The van der Waals surface area contributed by atoms with E-state index in [1.807, 2.05) is 25.3 Å². The Bertz CT molecular complexity index is 1430. The van der Waals surface area contributed by atoms with Crippen LogP contribution < -0.4 is 5.56 Å². The molecule has 0 unspecified atom stereocenters. The van der Waals surface area contributed by atoms with E-state index in [4.69, 9.17) is 14.5 Å². The van der Waals surface area contributed by atoms with Crippen molar-refractivity contribution < 1.29 is 9.47 Å². The van der Waals surface area contributed by atoms with Gasteiger partial charge in [0.1, 0.15) is 12.4 Å². The molecule has 7 nitrogen and oxygen atoms in total. The average Bonchev–Trinajstić information content (AvgIpc) is 3.31. The highest BCUT2D eigenvalue weighted by Gasteiger charge is 2.18. The van der Waals surface area contributed by atoms with Crippen LogP contribution in [-0.2, 0) is 22.7 Å². The maximum Gasteiger partial charge on any atom is 0.263 e. The van der Waals surface area contributed by atoms with Crippen molar-refractivity contribution in [1.29, 1.82) is 0 Å². The van der Waals surface area contributed by atoms with Crippen molar-refractivity contribution in [2.75, 3.05) is 57.4 Å². The summed E-state index contributed by atoms with van der Waals surface area (Å²) in [5.41, 5.74) is 3.44. The van der Waals surface area contributed by atoms with Crippen LogP contribution in [0.4, 0.5) is 0 Å². The van der Waals surface area contributed by atoms with Crippen molar-refractivity contribution in [2.45, 2.75) is 20.2 Å². The Morgan fingerprint density at radius 2 is 1.97 bits per heavy atom. The third-order valence-electron chi connectivity index (χ3n) is 6.45. The van der Waals surface area contributed by atoms with Crippen molar-refractivity contribution >= 4 is 42.4 Å². The third kappa shape index (κ3) is 5.65. The molecule has 0 N–H and O–H groups in total. The lowest BCUT2D eigenvalue weighted by molar-refractivity contribution is 0.0342. The Hall–Kier alpha value is -2.30. The van der Waals surface area contributed by atoms with Crippen LogP contribution in [-0.4, -0.2) is 76.9 Å². The molecular weight excluding hydrogens is 492 g/mol. The van der Waals surface area contributed by atoms with Gasteiger partial charge in [0.05, 0.1) is 35.4 Å². The molecule has 0 atom stereocenters. The summed E-state index contributed by atoms with van der Waals surface area (Å²) >= 11 is 1.65. The molecule has 0 bridgehead atoms. The fraction of sp³-hybridized carbons (Fsp3) is 0.444. The summed E-state index contributed by atoms with van der Waals surface area (Å²) in [7, 11) is -0.682. The first kappa shape index (κ1) is 25.4. The van der Waals surface area contributed by atoms with Crippen LogP contribution >= 0.6 is 21.4 Å². The van der Waals surface area contributed by atoms with E-state index in [1.54, 1.807) is 15.9 Å². The Kier molecular flexibility index (Phi) is 7.46. The largest absolute Gasteiger partial charge is 0.379 e. The lowest BCUT2D eigenvalue weighted by Crippen LogP contribution is -2.35. The fourth-order valence-electron chi connectivity index (χ4n) is 4.45. The molecule has 1 aliphatic rings. The number of fused-ring (bicyclic) bond motifs is 2. The Morgan fingerprint density at radius 3 is 2.75 bits per heavy atom. The predicted molar refractivity (Wildman–Crippen MR) is 152 cm³/mol. The first-order valence-electron chi connectivity index (χ1n) is 12.2. The number of benzene rings is 1. The number of morpholine rings is 1. The average molecular weight is 527 g/mol. The maximum atomic E-state index is 13.9. The SMILES string of the molecule is Cc1cc(CN2CCOCC2)cc2c(=O)n(COCCS(C)(C)C)c(-c3cc4ccsc4cn3)nc12. The Balaban J connectivity index is 1.57. The van der Waals surface area contributed by atoms with Crippen molar-refractivity contribution in [3.63, 3.8) is 0 Å². The topological polar surface area (TPSA) is 69.5 Å². The zero-order valence-electron chi connectivity index (χ0n) is 21.5. The molecule has 1 fully saturated rings. The van der Waals surface area contributed by atoms with E-state index in [2.05, 4.69) is 46.2 Å². The molecule has 192 valence electrons. The molecular formula is C27H34N4O3S2. The van der Waals surface area contributed by atoms with E-state index < -0.39 is 10.0 Å². The van der Waals surface area contributed by atoms with Gasteiger partial charge in [-0.2, -0.15) is 0 Å². The smallest absolute Gasteiger partial charge is 0.263 e. The Labute approximate surface area is 217 Å².